The van der Waals surface area contributed by atoms with Gasteiger partial charge in [0.25, 0.3) is 0 Å². The number of hydrogen-bond acceptors (Lipinski definition) is 9. The van der Waals surface area contributed by atoms with Gasteiger partial charge in [0, 0.05) is 7.11 Å². The van der Waals surface area contributed by atoms with E-state index in [9.17, 15) is 19.5 Å². The van der Waals surface area contributed by atoms with Crippen molar-refractivity contribution in [3.05, 3.63) is 108 Å². The van der Waals surface area contributed by atoms with Crippen LogP contribution in [0.15, 0.2) is 91.0 Å². The Morgan fingerprint density at radius 3 is 1.59 bits per heavy atom. The molecule has 1 heterocycles. The van der Waals surface area contributed by atoms with Gasteiger partial charge in [-0.15, -0.1) is 0 Å². The summed E-state index contributed by atoms with van der Waals surface area (Å²) < 4.78 is 27.7. The van der Waals surface area contributed by atoms with E-state index in [2.05, 4.69) is 0 Å². The van der Waals surface area contributed by atoms with Crippen LogP contribution in [0.1, 0.15) is 31.1 Å². The van der Waals surface area contributed by atoms with Gasteiger partial charge < -0.3 is 28.8 Å². The predicted molar refractivity (Wildman–Crippen MR) is 130 cm³/mol. The van der Waals surface area contributed by atoms with Gasteiger partial charge >= 0.3 is 17.9 Å². The highest BCUT2D eigenvalue weighted by molar-refractivity contribution is 5.90. The zero-order valence-corrected chi connectivity index (χ0v) is 20.0. The molecule has 192 valence electrons. The Morgan fingerprint density at radius 1 is 0.703 bits per heavy atom. The maximum Gasteiger partial charge on any atom is 0.338 e. The van der Waals surface area contributed by atoms with Gasteiger partial charge in [-0.2, -0.15) is 0 Å². The molecule has 1 N–H and O–H groups in total. The summed E-state index contributed by atoms with van der Waals surface area (Å²) in [5.41, 5.74) is 0.803. The molecular formula is C28H26O9. The average molecular weight is 507 g/mol. The highest BCUT2D eigenvalue weighted by Crippen LogP contribution is 2.28. The lowest BCUT2D eigenvalue weighted by atomic mass is 9.98. The number of carbonyl (C=O) groups excluding carboxylic acids is 3. The summed E-state index contributed by atoms with van der Waals surface area (Å²) in [7, 11) is 1.31. The van der Waals surface area contributed by atoms with Gasteiger partial charge in [0.1, 0.15) is 18.8 Å². The highest BCUT2D eigenvalue weighted by Gasteiger charge is 2.50. The van der Waals surface area contributed by atoms with E-state index in [1.165, 1.54) is 7.11 Å². The van der Waals surface area contributed by atoms with E-state index in [0.29, 0.717) is 5.56 Å². The quantitative estimate of drug-likeness (QED) is 0.363. The van der Waals surface area contributed by atoms with Gasteiger partial charge in [-0.25, -0.2) is 14.4 Å². The van der Waals surface area contributed by atoms with Crippen molar-refractivity contribution in [3.8, 4) is 0 Å². The monoisotopic (exact) mass is 506 g/mol. The van der Waals surface area contributed by atoms with Crippen molar-refractivity contribution in [2.24, 2.45) is 0 Å². The summed E-state index contributed by atoms with van der Waals surface area (Å²) in [6.07, 6.45) is -6.59. The fourth-order valence-corrected chi connectivity index (χ4v) is 3.84. The third-order valence-corrected chi connectivity index (χ3v) is 5.74. The van der Waals surface area contributed by atoms with Gasteiger partial charge in [-0.05, 0) is 36.4 Å². The van der Waals surface area contributed by atoms with E-state index >= 15 is 0 Å². The molecule has 3 aromatic carbocycles. The second-order valence-electron chi connectivity index (χ2n) is 8.21. The van der Waals surface area contributed by atoms with Gasteiger partial charge in [-0.3, -0.25) is 0 Å². The summed E-state index contributed by atoms with van der Waals surface area (Å²) in [6, 6.07) is 24.7. The maximum absolute atomic E-state index is 12.8. The number of aliphatic hydroxyl groups excluding tert-OH is 1. The molecule has 0 bridgehead atoms. The minimum atomic E-state index is -1.56. The molecule has 1 aliphatic rings. The predicted octanol–water partition coefficient (Wildman–Crippen LogP) is 3.03. The Bertz CT molecular complexity index is 1180. The average Bonchev–Trinajstić information content (AvgIpc) is 2.95. The number of esters is 3. The van der Waals surface area contributed by atoms with Crippen LogP contribution in [0, 0.1) is 0 Å². The summed E-state index contributed by atoms with van der Waals surface area (Å²) in [6.45, 7) is -0.364. The number of carbonyl (C=O) groups is 3. The Balaban J connectivity index is 1.55. The zero-order chi connectivity index (χ0) is 26.2. The number of hydrogen-bond donors (Lipinski definition) is 1. The Morgan fingerprint density at radius 2 is 1.14 bits per heavy atom. The molecule has 0 aromatic heterocycles. The fourth-order valence-electron chi connectivity index (χ4n) is 3.84. The molecule has 9 nitrogen and oxygen atoms in total. The molecule has 9 heteroatoms. The van der Waals surface area contributed by atoms with Crippen molar-refractivity contribution in [3.63, 3.8) is 0 Å². The maximum atomic E-state index is 12.8. The van der Waals surface area contributed by atoms with Crippen LogP contribution in [0.25, 0.3) is 0 Å². The van der Waals surface area contributed by atoms with Gasteiger partial charge in [0.05, 0.1) is 16.7 Å². The molecule has 37 heavy (non-hydrogen) atoms. The zero-order valence-electron chi connectivity index (χ0n) is 20.0. The molecule has 0 radical (unpaired) electrons. The fraction of sp³-hybridized carbons (Fsp3) is 0.250. The summed E-state index contributed by atoms with van der Waals surface area (Å²) in [4.78, 5) is 38.0. The number of ether oxygens (including phenoxy) is 5. The lowest BCUT2D eigenvalue weighted by molar-refractivity contribution is -0.292. The number of aliphatic hydroxyl groups is 1. The van der Waals surface area contributed by atoms with E-state index in [1.807, 2.05) is 0 Å². The Hall–Kier alpha value is -4.05. The second kappa shape index (κ2) is 12.3. The molecule has 0 unspecified atom stereocenters. The van der Waals surface area contributed by atoms with Gasteiger partial charge in [0.2, 0.25) is 0 Å². The lowest BCUT2D eigenvalue weighted by Gasteiger charge is -2.42. The molecule has 0 saturated carbocycles. The molecule has 0 spiro atoms. The lowest BCUT2D eigenvalue weighted by Crippen LogP contribution is -2.61. The first-order valence-electron chi connectivity index (χ1n) is 11.6. The normalized spacial score (nSPS) is 23.0. The van der Waals surface area contributed by atoms with Crippen LogP contribution < -0.4 is 0 Å². The molecule has 4 rings (SSSR count). The molecule has 0 aliphatic carbocycles. The topological polar surface area (TPSA) is 118 Å². The van der Waals surface area contributed by atoms with Crippen molar-refractivity contribution in [2.45, 2.75) is 30.7 Å². The number of rotatable bonds is 8. The SMILES string of the molecule is CO[C@H]1O[C@H](COC(=O)c2ccccc2)[C@H](OC(=O)c2ccccc2)[C@H](O)[C@H]1OC(=O)c1ccccc1. The molecule has 1 aliphatic heterocycles. The van der Waals surface area contributed by atoms with Gasteiger partial charge in [0.15, 0.2) is 18.5 Å². The third-order valence-electron chi connectivity index (χ3n) is 5.74. The van der Waals surface area contributed by atoms with E-state index < -0.39 is 48.6 Å². The Labute approximate surface area is 213 Å². The number of methoxy groups -OCH3 is 1. The summed E-state index contributed by atoms with van der Waals surface area (Å²) in [5.74, 6) is -2.09. The van der Waals surface area contributed by atoms with Crippen LogP contribution in [0.3, 0.4) is 0 Å². The van der Waals surface area contributed by atoms with Crippen LogP contribution in [0.4, 0.5) is 0 Å². The van der Waals surface area contributed by atoms with Gasteiger partial charge in [-0.1, -0.05) is 54.6 Å². The van der Waals surface area contributed by atoms with Crippen LogP contribution in [0.2, 0.25) is 0 Å². The first-order chi connectivity index (χ1) is 18.0. The van der Waals surface area contributed by atoms with Crippen molar-refractivity contribution < 1.29 is 43.2 Å². The molecular weight excluding hydrogens is 480 g/mol. The van der Waals surface area contributed by atoms with Crippen molar-refractivity contribution in [2.75, 3.05) is 13.7 Å². The molecule has 5 atom stereocenters. The smallest absolute Gasteiger partial charge is 0.338 e. The minimum absolute atomic E-state index is 0.237. The first kappa shape index (κ1) is 26.0. The van der Waals surface area contributed by atoms with E-state index in [0.717, 1.165) is 0 Å². The van der Waals surface area contributed by atoms with E-state index in [1.54, 1.807) is 91.0 Å². The second-order valence-corrected chi connectivity index (χ2v) is 8.21. The van der Waals surface area contributed by atoms with Crippen LogP contribution in [-0.4, -0.2) is 67.4 Å². The summed E-state index contributed by atoms with van der Waals surface area (Å²) >= 11 is 0. The first-order valence-corrected chi connectivity index (χ1v) is 11.6. The van der Waals surface area contributed by atoms with E-state index in [4.69, 9.17) is 23.7 Å². The van der Waals surface area contributed by atoms with Crippen molar-refractivity contribution in [1.29, 1.82) is 0 Å². The van der Waals surface area contributed by atoms with Crippen LogP contribution >= 0.6 is 0 Å². The summed E-state index contributed by atoms with van der Waals surface area (Å²) in [5, 5.41) is 11.2. The highest BCUT2D eigenvalue weighted by atomic mass is 16.7. The Kier molecular flexibility index (Phi) is 8.63. The van der Waals surface area contributed by atoms with Crippen LogP contribution in [0.5, 0.6) is 0 Å². The molecule has 3 aromatic rings. The van der Waals surface area contributed by atoms with Crippen molar-refractivity contribution >= 4 is 17.9 Å². The van der Waals surface area contributed by atoms with E-state index in [-0.39, 0.29) is 17.7 Å². The molecule has 0 amide bonds. The minimum Gasteiger partial charge on any atom is -0.459 e. The van der Waals surface area contributed by atoms with Crippen molar-refractivity contribution in [1.82, 2.24) is 0 Å². The third kappa shape index (κ3) is 6.39. The molecule has 1 fully saturated rings. The standard InChI is InChI=1S/C28H26O9/c1-33-28-24(37-27(32)20-15-9-4-10-16-20)22(29)23(36-26(31)19-13-7-3-8-14-19)21(35-28)17-34-25(30)18-11-5-2-6-12-18/h2-16,21-24,28-29H,17H2,1H3/t21-,22+,23+,24-,28+/m1/s1. The largest absolute Gasteiger partial charge is 0.459 e. The molecule has 1 saturated heterocycles. The van der Waals surface area contributed by atoms with Crippen LogP contribution in [-0.2, 0) is 23.7 Å². The number of benzene rings is 3.